The minimum Gasteiger partial charge on any atom is -0.299 e. The van der Waals surface area contributed by atoms with Crippen LogP contribution in [0.15, 0.2) is 24.3 Å². The summed E-state index contributed by atoms with van der Waals surface area (Å²) in [5.41, 5.74) is 2.52. The number of Topliss-reactive ketones (excluding diaryl/α,β-unsaturated/α-hetero) is 1. The predicted octanol–water partition coefficient (Wildman–Crippen LogP) is 4.33. The van der Waals surface area contributed by atoms with E-state index >= 15 is 0 Å². The Bertz CT molecular complexity index is 371. The maximum atomic E-state index is 12.0. The van der Waals surface area contributed by atoms with Gasteiger partial charge in [0.2, 0.25) is 0 Å². The lowest BCUT2D eigenvalue weighted by atomic mass is 9.85. The normalized spacial score (nSPS) is 16.7. The molecule has 1 saturated carbocycles. The van der Waals surface area contributed by atoms with Crippen LogP contribution in [0.1, 0.15) is 56.6 Å². The lowest BCUT2D eigenvalue weighted by Crippen LogP contribution is -2.13. The average molecular weight is 244 g/mol. The van der Waals surface area contributed by atoms with Crippen LogP contribution in [0.4, 0.5) is 0 Å². The summed E-state index contributed by atoms with van der Waals surface area (Å²) in [6.45, 7) is 2.16. The molecule has 1 nitrogen and oxygen atoms in total. The average Bonchev–Trinajstić information content (AvgIpc) is 2.40. The fraction of sp³-hybridized carbons (Fsp3) is 0.588. The first-order valence-electron chi connectivity index (χ1n) is 7.37. The summed E-state index contributed by atoms with van der Waals surface area (Å²) in [5, 5.41) is 0. The number of aryl methyl sites for hydroxylation is 1. The van der Waals surface area contributed by atoms with Gasteiger partial charge in [-0.05, 0) is 23.5 Å². The number of carbonyl (C=O) groups excluding carboxylic acids is 1. The van der Waals surface area contributed by atoms with Crippen LogP contribution < -0.4 is 0 Å². The van der Waals surface area contributed by atoms with Gasteiger partial charge in [0.1, 0.15) is 5.78 Å². The third-order valence-electron chi connectivity index (χ3n) is 4.07. The van der Waals surface area contributed by atoms with Gasteiger partial charge in [-0.25, -0.2) is 0 Å². The van der Waals surface area contributed by atoms with Gasteiger partial charge >= 0.3 is 0 Å². The Labute approximate surface area is 111 Å². The fourth-order valence-corrected chi connectivity index (χ4v) is 2.91. The number of benzene rings is 1. The van der Waals surface area contributed by atoms with Gasteiger partial charge in [-0.1, -0.05) is 63.3 Å². The molecular formula is C17H24O. The van der Waals surface area contributed by atoms with E-state index < -0.39 is 0 Å². The molecule has 0 atom stereocenters. The van der Waals surface area contributed by atoms with Crippen molar-refractivity contribution < 1.29 is 4.79 Å². The second-order valence-corrected chi connectivity index (χ2v) is 5.59. The zero-order valence-corrected chi connectivity index (χ0v) is 11.5. The summed E-state index contributed by atoms with van der Waals surface area (Å²) in [6, 6.07) is 8.50. The summed E-state index contributed by atoms with van der Waals surface area (Å²) in [5.74, 6) is 1.09. The van der Waals surface area contributed by atoms with Gasteiger partial charge in [-0.3, -0.25) is 4.79 Å². The largest absolute Gasteiger partial charge is 0.299 e. The van der Waals surface area contributed by atoms with Crippen molar-refractivity contribution in [2.24, 2.45) is 5.92 Å². The molecule has 0 aliphatic heterocycles. The summed E-state index contributed by atoms with van der Waals surface area (Å²) in [7, 11) is 0. The second kappa shape index (κ2) is 6.72. The molecule has 0 spiro atoms. The Morgan fingerprint density at radius 1 is 1.06 bits per heavy atom. The lowest BCUT2D eigenvalue weighted by Gasteiger charge is -2.20. The zero-order valence-electron chi connectivity index (χ0n) is 11.5. The van der Waals surface area contributed by atoms with Crippen LogP contribution >= 0.6 is 0 Å². The van der Waals surface area contributed by atoms with Crippen molar-refractivity contribution in [2.75, 3.05) is 0 Å². The molecule has 2 rings (SSSR count). The van der Waals surface area contributed by atoms with E-state index in [4.69, 9.17) is 0 Å². The van der Waals surface area contributed by atoms with E-state index in [1.54, 1.807) is 0 Å². The molecule has 1 aromatic rings. The van der Waals surface area contributed by atoms with E-state index in [0.717, 1.165) is 12.8 Å². The molecule has 0 heterocycles. The third-order valence-corrected chi connectivity index (χ3v) is 4.07. The Balaban J connectivity index is 1.82. The predicted molar refractivity (Wildman–Crippen MR) is 75.7 cm³/mol. The van der Waals surface area contributed by atoms with Gasteiger partial charge < -0.3 is 0 Å². The summed E-state index contributed by atoms with van der Waals surface area (Å²) in [4.78, 5) is 12.0. The monoisotopic (exact) mass is 244 g/mol. The van der Waals surface area contributed by atoms with Crippen molar-refractivity contribution in [3.8, 4) is 0 Å². The van der Waals surface area contributed by atoms with Crippen LogP contribution in [0.5, 0.6) is 0 Å². The molecule has 1 heteroatoms. The molecule has 18 heavy (non-hydrogen) atoms. The highest BCUT2D eigenvalue weighted by Crippen LogP contribution is 2.26. The van der Waals surface area contributed by atoms with Gasteiger partial charge in [0.25, 0.3) is 0 Å². The van der Waals surface area contributed by atoms with Crippen molar-refractivity contribution in [3.05, 3.63) is 35.4 Å². The standard InChI is InChI=1S/C17H24O/c1-2-14-8-10-16(11-9-14)13-17(18)12-15-6-4-3-5-7-15/h8-11,15H,2-7,12-13H2,1H3. The van der Waals surface area contributed by atoms with Crippen molar-refractivity contribution in [3.63, 3.8) is 0 Å². The van der Waals surface area contributed by atoms with Crippen molar-refractivity contribution in [1.29, 1.82) is 0 Å². The van der Waals surface area contributed by atoms with Crippen molar-refractivity contribution >= 4 is 5.78 Å². The quantitative estimate of drug-likeness (QED) is 0.753. The van der Waals surface area contributed by atoms with E-state index in [0.29, 0.717) is 18.1 Å². The molecule has 0 saturated heterocycles. The summed E-state index contributed by atoms with van der Waals surface area (Å²) < 4.78 is 0. The summed E-state index contributed by atoms with van der Waals surface area (Å²) >= 11 is 0. The Morgan fingerprint density at radius 2 is 1.67 bits per heavy atom. The van der Waals surface area contributed by atoms with Crippen LogP contribution in [0.3, 0.4) is 0 Å². The van der Waals surface area contributed by atoms with E-state index in [-0.39, 0.29) is 0 Å². The Kier molecular flexibility index (Phi) is 4.98. The Hall–Kier alpha value is -1.11. The first kappa shape index (κ1) is 13.3. The van der Waals surface area contributed by atoms with E-state index in [1.165, 1.54) is 43.2 Å². The number of hydrogen-bond acceptors (Lipinski definition) is 1. The highest BCUT2D eigenvalue weighted by atomic mass is 16.1. The van der Waals surface area contributed by atoms with Gasteiger partial charge in [-0.2, -0.15) is 0 Å². The summed E-state index contributed by atoms with van der Waals surface area (Å²) in [6.07, 6.45) is 9.03. The van der Waals surface area contributed by atoms with Gasteiger partial charge in [0.05, 0.1) is 0 Å². The molecular weight excluding hydrogens is 220 g/mol. The van der Waals surface area contributed by atoms with Crippen LogP contribution in [0, 0.1) is 5.92 Å². The highest BCUT2D eigenvalue weighted by molar-refractivity contribution is 5.81. The van der Waals surface area contributed by atoms with E-state index in [9.17, 15) is 4.79 Å². The number of rotatable bonds is 5. The smallest absolute Gasteiger partial charge is 0.137 e. The molecule has 0 radical (unpaired) electrons. The van der Waals surface area contributed by atoms with Crippen molar-refractivity contribution in [2.45, 2.75) is 58.3 Å². The first-order chi connectivity index (χ1) is 8.78. The third kappa shape index (κ3) is 3.97. The van der Waals surface area contributed by atoms with Crippen LogP contribution in [0.25, 0.3) is 0 Å². The number of hydrogen-bond donors (Lipinski definition) is 0. The molecule has 1 fully saturated rings. The molecule has 1 aliphatic carbocycles. The molecule has 0 unspecified atom stereocenters. The molecule has 0 amide bonds. The maximum Gasteiger partial charge on any atom is 0.137 e. The van der Waals surface area contributed by atoms with Crippen LogP contribution in [0.2, 0.25) is 0 Å². The molecule has 0 aromatic heterocycles. The van der Waals surface area contributed by atoms with Crippen LogP contribution in [-0.4, -0.2) is 5.78 Å². The number of ketones is 1. The molecule has 0 bridgehead atoms. The second-order valence-electron chi connectivity index (χ2n) is 5.59. The fourth-order valence-electron chi connectivity index (χ4n) is 2.91. The maximum absolute atomic E-state index is 12.0. The SMILES string of the molecule is CCc1ccc(CC(=O)CC2CCCCC2)cc1. The molecule has 1 aliphatic rings. The van der Waals surface area contributed by atoms with Gasteiger partial charge in [-0.15, -0.1) is 0 Å². The Morgan fingerprint density at radius 3 is 2.28 bits per heavy atom. The molecule has 98 valence electrons. The number of carbonyl (C=O) groups is 1. The van der Waals surface area contributed by atoms with Crippen LogP contribution in [-0.2, 0) is 17.6 Å². The van der Waals surface area contributed by atoms with E-state index in [2.05, 4.69) is 31.2 Å². The molecule has 1 aromatic carbocycles. The van der Waals surface area contributed by atoms with E-state index in [1.807, 2.05) is 0 Å². The topological polar surface area (TPSA) is 17.1 Å². The molecule has 0 N–H and O–H groups in total. The minimum absolute atomic E-state index is 0.422. The lowest BCUT2D eigenvalue weighted by molar-refractivity contribution is -0.119. The highest BCUT2D eigenvalue weighted by Gasteiger charge is 2.16. The first-order valence-corrected chi connectivity index (χ1v) is 7.37. The van der Waals surface area contributed by atoms with Gasteiger partial charge in [0.15, 0.2) is 0 Å². The zero-order chi connectivity index (χ0) is 12.8. The van der Waals surface area contributed by atoms with Gasteiger partial charge in [0, 0.05) is 12.8 Å². The van der Waals surface area contributed by atoms with Crippen molar-refractivity contribution in [1.82, 2.24) is 0 Å². The minimum atomic E-state index is 0.422.